The Hall–Kier alpha value is -2.27. The highest BCUT2D eigenvalue weighted by atomic mass is 35.5. The van der Waals surface area contributed by atoms with Gasteiger partial charge in [0, 0.05) is 49.2 Å². The minimum atomic E-state index is -0.981. The number of nitrogens with zero attached hydrogens (tertiary/aromatic N) is 3. The maximum Gasteiger partial charge on any atom is 0.328 e. The molecule has 0 aliphatic carbocycles. The number of aryl methyl sites for hydroxylation is 1. The van der Waals surface area contributed by atoms with Gasteiger partial charge in [-0.25, -0.2) is 4.79 Å². The van der Waals surface area contributed by atoms with E-state index in [0.717, 1.165) is 22.9 Å². The van der Waals surface area contributed by atoms with Crippen LogP contribution in [0.15, 0.2) is 36.7 Å². The lowest BCUT2D eigenvalue weighted by atomic mass is 10.1. The van der Waals surface area contributed by atoms with Gasteiger partial charge in [-0.1, -0.05) is 17.7 Å². The first-order valence-corrected chi connectivity index (χ1v) is 6.72. The van der Waals surface area contributed by atoms with Gasteiger partial charge in [-0.2, -0.15) is 5.10 Å². The van der Waals surface area contributed by atoms with Crippen molar-refractivity contribution >= 4 is 29.3 Å². The highest BCUT2D eigenvalue weighted by Crippen LogP contribution is 2.26. The van der Waals surface area contributed by atoms with Gasteiger partial charge in [0.15, 0.2) is 0 Å². The van der Waals surface area contributed by atoms with Crippen molar-refractivity contribution in [1.29, 1.82) is 0 Å². The fourth-order valence-electron chi connectivity index (χ4n) is 2.06. The summed E-state index contributed by atoms with van der Waals surface area (Å²) in [5.41, 5.74) is 2.73. The maximum atomic E-state index is 10.7. The Morgan fingerprint density at radius 3 is 2.90 bits per heavy atom. The number of carboxylic acid groups (broad SMARTS) is 1. The van der Waals surface area contributed by atoms with E-state index in [9.17, 15) is 4.79 Å². The first-order chi connectivity index (χ1) is 9.95. The number of hydrogen-bond donors (Lipinski definition) is 1. The highest BCUT2D eigenvalue weighted by Gasteiger charge is 2.09. The van der Waals surface area contributed by atoms with E-state index < -0.39 is 5.97 Å². The molecule has 6 heteroatoms. The van der Waals surface area contributed by atoms with Crippen molar-refractivity contribution in [2.75, 3.05) is 11.9 Å². The Morgan fingerprint density at radius 1 is 1.52 bits per heavy atom. The van der Waals surface area contributed by atoms with Crippen LogP contribution in [0, 0.1) is 0 Å². The van der Waals surface area contributed by atoms with Gasteiger partial charge in [-0.05, 0) is 23.8 Å². The number of hydrogen-bond acceptors (Lipinski definition) is 3. The molecule has 0 aliphatic rings. The monoisotopic (exact) mass is 305 g/mol. The molecule has 0 aliphatic heterocycles. The van der Waals surface area contributed by atoms with E-state index in [-0.39, 0.29) is 0 Å². The molecule has 21 heavy (non-hydrogen) atoms. The zero-order valence-corrected chi connectivity index (χ0v) is 12.6. The SMILES string of the molecule is CN(Cc1cnn(C)c1)c1cc(Cl)ccc1/C=C/C(=O)O. The molecule has 1 heterocycles. The summed E-state index contributed by atoms with van der Waals surface area (Å²) in [6.45, 7) is 0.655. The van der Waals surface area contributed by atoms with Crippen LogP contribution in [0.1, 0.15) is 11.1 Å². The van der Waals surface area contributed by atoms with Crippen LogP contribution < -0.4 is 4.90 Å². The third kappa shape index (κ3) is 4.10. The molecule has 1 aromatic carbocycles. The molecular weight excluding hydrogens is 290 g/mol. The normalized spacial score (nSPS) is 11.0. The van der Waals surface area contributed by atoms with Gasteiger partial charge in [0.25, 0.3) is 0 Å². The molecular formula is C15H16ClN3O2. The van der Waals surface area contributed by atoms with E-state index in [4.69, 9.17) is 16.7 Å². The molecule has 1 aromatic heterocycles. The number of carbonyl (C=O) groups is 1. The number of aliphatic carboxylic acids is 1. The number of rotatable bonds is 5. The lowest BCUT2D eigenvalue weighted by Crippen LogP contribution is -2.17. The van der Waals surface area contributed by atoms with Crippen molar-refractivity contribution in [1.82, 2.24) is 9.78 Å². The first kappa shape index (κ1) is 15.1. The van der Waals surface area contributed by atoms with Crippen molar-refractivity contribution in [3.05, 3.63) is 52.8 Å². The number of anilines is 1. The maximum absolute atomic E-state index is 10.7. The van der Waals surface area contributed by atoms with E-state index in [2.05, 4.69) is 5.10 Å². The second kappa shape index (κ2) is 6.45. The fraction of sp³-hybridized carbons (Fsp3) is 0.200. The van der Waals surface area contributed by atoms with Crippen LogP contribution in [0.5, 0.6) is 0 Å². The topological polar surface area (TPSA) is 58.4 Å². The molecule has 0 spiro atoms. The summed E-state index contributed by atoms with van der Waals surface area (Å²) < 4.78 is 1.74. The van der Waals surface area contributed by atoms with E-state index in [1.807, 2.05) is 31.3 Å². The van der Waals surface area contributed by atoms with Crippen molar-refractivity contribution in [2.24, 2.45) is 7.05 Å². The second-order valence-corrected chi connectivity index (χ2v) is 5.19. The zero-order valence-electron chi connectivity index (χ0n) is 11.8. The Labute approximate surface area is 128 Å². The molecule has 1 N–H and O–H groups in total. The summed E-state index contributed by atoms with van der Waals surface area (Å²) in [6, 6.07) is 5.36. The smallest absolute Gasteiger partial charge is 0.328 e. The average Bonchev–Trinajstić information content (AvgIpc) is 2.82. The Kier molecular flexibility index (Phi) is 4.65. The van der Waals surface area contributed by atoms with Crippen molar-refractivity contribution in [3.8, 4) is 0 Å². The summed E-state index contributed by atoms with van der Waals surface area (Å²) in [6.07, 6.45) is 6.42. The number of halogens is 1. The molecule has 2 rings (SSSR count). The molecule has 0 amide bonds. The van der Waals surface area contributed by atoms with Crippen LogP contribution in [0.2, 0.25) is 5.02 Å². The lowest BCUT2D eigenvalue weighted by Gasteiger charge is -2.21. The predicted molar refractivity (Wildman–Crippen MR) is 83.4 cm³/mol. The van der Waals surface area contributed by atoms with Crippen molar-refractivity contribution in [3.63, 3.8) is 0 Å². The van der Waals surface area contributed by atoms with Gasteiger partial charge < -0.3 is 10.0 Å². The summed E-state index contributed by atoms with van der Waals surface area (Å²) >= 11 is 6.05. The molecule has 0 bridgehead atoms. The third-order valence-electron chi connectivity index (χ3n) is 2.99. The molecule has 0 saturated heterocycles. The van der Waals surface area contributed by atoms with E-state index in [0.29, 0.717) is 11.6 Å². The average molecular weight is 306 g/mol. The number of aromatic nitrogens is 2. The van der Waals surface area contributed by atoms with Gasteiger partial charge >= 0.3 is 5.97 Å². The van der Waals surface area contributed by atoms with Gasteiger partial charge in [0.05, 0.1) is 6.20 Å². The second-order valence-electron chi connectivity index (χ2n) is 4.75. The summed E-state index contributed by atoms with van der Waals surface area (Å²) in [5, 5.41) is 13.5. The van der Waals surface area contributed by atoms with E-state index >= 15 is 0 Å². The van der Waals surface area contributed by atoms with Crippen LogP contribution in [0.3, 0.4) is 0 Å². The summed E-state index contributed by atoms with van der Waals surface area (Å²) in [7, 11) is 3.79. The van der Waals surface area contributed by atoms with Crippen LogP contribution >= 0.6 is 11.6 Å². The molecule has 5 nitrogen and oxygen atoms in total. The summed E-state index contributed by atoms with van der Waals surface area (Å²) in [4.78, 5) is 12.7. The predicted octanol–water partition coefficient (Wildman–Crippen LogP) is 2.81. The van der Waals surface area contributed by atoms with Gasteiger partial charge in [0.1, 0.15) is 0 Å². The summed E-state index contributed by atoms with van der Waals surface area (Å²) in [5.74, 6) is -0.981. The van der Waals surface area contributed by atoms with Crippen LogP contribution in [0.4, 0.5) is 5.69 Å². The van der Waals surface area contributed by atoms with Crippen LogP contribution in [-0.4, -0.2) is 27.9 Å². The van der Waals surface area contributed by atoms with Crippen LogP contribution in [0.25, 0.3) is 6.08 Å². The van der Waals surface area contributed by atoms with E-state index in [1.165, 1.54) is 0 Å². The lowest BCUT2D eigenvalue weighted by molar-refractivity contribution is -0.131. The van der Waals surface area contributed by atoms with Crippen molar-refractivity contribution in [2.45, 2.75) is 6.54 Å². The largest absolute Gasteiger partial charge is 0.478 e. The zero-order chi connectivity index (χ0) is 15.4. The molecule has 0 saturated carbocycles. The minimum absolute atomic E-state index is 0.607. The van der Waals surface area contributed by atoms with Gasteiger partial charge in [0.2, 0.25) is 0 Å². The van der Waals surface area contributed by atoms with Gasteiger partial charge in [-0.3, -0.25) is 4.68 Å². The minimum Gasteiger partial charge on any atom is -0.478 e. The van der Waals surface area contributed by atoms with E-state index in [1.54, 1.807) is 29.1 Å². The number of benzene rings is 1. The molecule has 110 valence electrons. The molecule has 0 atom stereocenters. The molecule has 2 aromatic rings. The Bertz CT molecular complexity index is 679. The number of carboxylic acids is 1. The van der Waals surface area contributed by atoms with Crippen LogP contribution in [-0.2, 0) is 18.4 Å². The standard InChI is InChI=1S/C15H16ClN3O2/c1-18(9-11-8-17-19(2)10-11)14-7-13(16)5-3-12(14)4-6-15(20)21/h3-8,10H,9H2,1-2H3,(H,20,21)/b6-4+. The molecule has 0 radical (unpaired) electrons. The van der Waals surface area contributed by atoms with Crippen molar-refractivity contribution < 1.29 is 9.90 Å². The third-order valence-corrected chi connectivity index (χ3v) is 3.22. The quantitative estimate of drug-likeness (QED) is 0.863. The highest BCUT2D eigenvalue weighted by molar-refractivity contribution is 6.31. The molecule has 0 fully saturated rings. The molecule has 0 unspecified atom stereocenters. The van der Waals surface area contributed by atoms with Gasteiger partial charge in [-0.15, -0.1) is 0 Å². The Balaban J connectivity index is 2.27. The Morgan fingerprint density at radius 2 is 2.29 bits per heavy atom. The first-order valence-electron chi connectivity index (χ1n) is 6.35. The fourth-order valence-corrected chi connectivity index (χ4v) is 2.23.